The van der Waals surface area contributed by atoms with Crippen molar-refractivity contribution in [3.05, 3.63) is 102 Å². The van der Waals surface area contributed by atoms with E-state index in [-0.39, 0.29) is 0 Å². The summed E-state index contributed by atoms with van der Waals surface area (Å²) >= 11 is 0. The Bertz CT molecular complexity index is 1550. The number of rotatable bonds is 1. The van der Waals surface area contributed by atoms with Gasteiger partial charge < -0.3 is 4.98 Å². The Morgan fingerprint density at radius 3 is 1.97 bits per heavy atom. The van der Waals surface area contributed by atoms with E-state index in [0.29, 0.717) is 0 Å². The molecule has 0 aliphatic carbocycles. The van der Waals surface area contributed by atoms with Crippen LogP contribution in [0.4, 0.5) is 0 Å². The first-order chi connectivity index (χ1) is 15.4. The van der Waals surface area contributed by atoms with Crippen LogP contribution in [-0.2, 0) is 0 Å². The lowest BCUT2D eigenvalue weighted by Crippen LogP contribution is -1.86. The molecule has 3 heterocycles. The van der Waals surface area contributed by atoms with Gasteiger partial charge in [0.25, 0.3) is 0 Å². The van der Waals surface area contributed by atoms with Gasteiger partial charge in [-0.25, -0.2) is 4.98 Å². The third-order valence-electron chi connectivity index (χ3n) is 5.35. The number of pyridine rings is 2. The zero-order chi connectivity index (χ0) is 20.6. The Hall–Kier alpha value is -4.49. The van der Waals surface area contributed by atoms with Crippen molar-refractivity contribution in [3.8, 4) is 23.2 Å². The molecule has 0 amide bonds. The van der Waals surface area contributed by atoms with Gasteiger partial charge in [0, 0.05) is 39.9 Å². The summed E-state index contributed by atoms with van der Waals surface area (Å²) in [5.74, 6) is 7.23. The summed E-state index contributed by atoms with van der Waals surface area (Å²) in [5, 5.41) is 2.02. The van der Waals surface area contributed by atoms with Crippen LogP contribution in [0.25, 0.3) is 44.2 Å². The fourth-order valence-corrected chi connectivity index (χ4v) is 3.86. The van der Waals surface area contributed by atoms with Crippen molar-refractivity contribution < 1.29 is 0 Å². The smallest absolute Gasteiger partial charge is 0.138 e. The molecule has 0 saturated heterocycles. The van der Waals surface area contributed by atoms with Crippen LogP contribution in [-0.4, -0.2) is 19.9 Å². The highest BCUT2D eigenvalue weighted by Crippen LogP contribution is 2.33. The first-order valence-corrected chi connectivity index (χ1v) is 10.1. The second kappa shape index (κ2) is 7.08. The molecule has 0 unspecified atom stereocenters. The van der Waals surface area contributed by atoms with Gasteiger partial charge in [-0.1, -0.05) is 42.2 Å². The largest absolute Gasteiger partial charge is 0.337 e. The molecule has 3 aromatic heterocycles. The third kappa shape index (κ3) is 3.00. The number of H-pyrrole nitrogens is 1. The van der Waals surface area contributed by atoms with E-state index in [1.807, 2.05) is 72.8 Å². The minimum Gasteiger partial charge on any atom is -0.337 e. The molecule has 1 N–H and O–H groups in total. The zero-order valence-corrected chi connectivity index (χ0v) is 16.5. The second-order valence-corrected chi connectivity index (χ2v) is 7.30. The molecule has 0 atom stereocenters. The lowest BCUT2D eigenvalue weighted by Gasteiger charge is -2.03. The van der Waals surface area contributed by atoms with E-state index in [1.165, 1.54) is 0 Å². The van der Waals surface area contributed by atoms with Gasteiger partial charge in [-0.2, -0.15) is 0 Å². The molecular formula is C27H16N4. The average Bonchev–Trinajstić information content (AvgIpc) is 3.30. The molecule has 0 aliphatic heterocycles. The van der Waals surface area contributed by atoms with E-state index >= 15 is 0 Å². The fourth-order valence-electron chi connectivity index (χ4n) is 3.86. The van der Waals surface area contributed by atoms with Crippen LogP contribution >= 0.6 is 0 Å². The maximum absolute atomic E-state index is 4.93. The molecule has 4 heteroatoms. The molecule has 6 rings (SSSR count). The molecular weight excluding hydrogens is 380 g/mol. The highest BCUT2D eigenvalue weighted by molar-refractivity contribution is 6.21. The predicted molar refractivity (Wildman–Crippen MR) is 125 cm³/mol. The summed E-state index contributed by atoms with van der Waals surface area (Å²) in [6.45, 7) is 0. The van der Waals surface area contributed by atoms with Crippen molar-refractivity contribution in [2.75, 3.05) is 0 Å². The number of aromatic nitrogens is 4. The zero-order valence-electron chi connectivity index (χ0n) is 16.5. The van der Waals surface area contributed by atoms with Crippen LogP contribution in [0.1, 0.15) is 11.1 Å². The quantitative estimate of drug-likeness (QED) is 0.285. The van der Waals surface area contributed by atoms with E-state index in [4.69, 9.17) is 4.98 Å². The van der Waals surface area contributed by atoms with E-state index in [1.54, 1.807) is 12.4 Å². The first kappa shape index (κ1) is 17.4. The van der Waals surface area contributed by atoms with E-state index < -0.39 is 0 Å². The summed E-state index contributed by atoms with van der Waals surface area (Å²) in [6.07, 6.45) is 3.60. The number of benzene rings is 3. The molecule has 0 radical (unpaired) electrons. The Kier molecular flexibility index (Phi) is 3.97. The van der Waals surface area contributed by atoms with Crippen LogP contribution < -0.4 is 0 Å². The Morgan fingerprint density at radius 1 is 0.581 bits per heavy atom. The average molecular weight is 396 g/mol. The lowest BCUT2D eigenvalue weighted by molar-refractivity contribution is 1.34. The Morgan fingerprint density at radius 2 is 1.23 bits per heavy atom. The van der Waals surface area contributed by atoms with Gasteiger partial charge in [0.1, 0.15) is 5.82 Å². The number of imidazole rings is 1. The standard InChI is InChI=1S/C27H16N4/c1-2-6-18(7-3-1)10-11-19-12-14-20(15-13-19)27-30-25-21-8-4-16-28-23(21)24-22(26(25)31-27)9-5-17-29-24/h1-9,12-17H,(H,30,31). The van der Waals surface area contributed by atoms with Gasteiger partial charge in [-0.05, 0) is 48.5 Å². The Balaban J connectivity index is 1.46. The highest BCUT2D eigenvalue weighted by Gasteiger charge is 2.14. The van der Waals surface area contributed by atoms with Crippen LogP contribution in [0.3, 0.4) is 0 Å². The predicted octanol–water partition coefficient (Wildman–Crippen LogP) is 5.73. The van der Waals surface area contributed by atoms with Gasteiger partial charge in [0.05, 0.1) is 22.1 Å². The van der Waals surface area contributed by atoms with Crippen molar-refractivity contribution in [2.45, 2.75) is 0 Å². The maximum Gasteiger partial charge on any atom is 0.138 e. The molecule has 0 saturated carbocycles. The van der Waals surface area contributed by atoms with Gasteiger partial charge >= 0.3 is 0 Å². The van der Waals surface area contributed by atoms with E-state index in [9.17, 15) is 0 Å². The van der Waals surface area contributed by atoms with E-state index in [2.05, 4.69) is 32.9 Å². The normalized spacial score (nSPS) is 11.0. The number of hydrogen-bond acceptors (Lipinski definition) is 3. The molecule has 4 nitrogen and oxygen atoms in total. The number of fused-ring (bicyclic) bond motifs is 6. The van der Waals surface area contributed by atoms with Crippen LogP contribution in [0.2, 0.25) is 0 Å². The number of aromatic amines is 1. The SMILES string of the molecule is C(#Cc1ccc(-c2nc3c4cccnc4c4ncccc4c3[nH]2)cc1)c1ccccc1. The van der Waals surface area contributed by atoms with Crippen molar-refractivity contribution in [3.63, 3.8) is 0 Å². The van der Waals surface area contributed by atoms with Gasteiger partial charge in [-0.15, -0.1) is 0 Å². The molecule has 6 aromatic rings. The number of nitrogens with one attached hydrogen (secondary N) is 1. The van der Waals surface area contributed by atoms with Crippen molar-refractivity contribution >= 4 is 32.8 Å². The highest BCUT2D eigenvalue weighted by atomic mass is 14.9. The molecule has 144 valence electrons. The van der Waals surface area contributed by atoms with Gasteiger partial charge in [-0.3, -0.25) is 9.97 Å². The molecule has 0 aliphatic rings. The molecule has 31 heavy (non-hydrogen) atoms. The van der Waals surface area contributed by atoms with Crippen LogP contribution in [0.15, 0.2) is 91.3 Å². The molecule has 3 aromatic carbocycles. The minimum atomic E-state index is 0.819. The van der Waals surface area contributed by atoms with Crippen molar-refractivity contribution in [1.82, 2.24) is 19.9 Å². The molecule has 0 spiro atoms. The van der Waals surface area contributed by atoms with Crippen molar-refractivity contribution in [2.24, 2.45) is 0 Å². The summed E-state index contributed by atoms with van der Waals surface area (Å²) in [7, 11) is 0. The monoisotopic (exact) mass is 396 g/mol. The summed E-state index contributed by atoms with van der Waals surface area (Å²) < 4.78 is 0. The third-order valence-corrected chi connectivity index (χ3v) is 5.35. The first-order valence-electron chi connectivity index (χ1n) is 10.1. The maximum atomic E-state index is 4.93. The topological polar surface area (TPSA) is 54.5 Å². The summed E-state index contributed by atoms with van der Waals surface area (Å²) in [4.78, 5) is 17.6. The summed E-state index contributed by atoms with van der Waals surface area (Å²) in [5.41, 5.74) is 6.62. The lowest BCUT2D eigenvalue weighted by atomic mass is 10.1. The Labute approximate surface area is 178 Å². The van der Waals surface area contributed by atoms with Crippen LogP contribution in [0.5, 0.6) is 0 Å². The number of hydrogen-bond donors (Lipinski definition) is 1. The van der Waals surface area contributed by atoms with Gasteiger partial charge in [0.15, 0.2) is 0 Å². The van der Waals surface area contributed by atoms with Crippen molar-refractivity contribution in [1.29, 1.82) is 0 Å². The second-order valence-electron chi connectivity index (χ2n) is 7.30. The number of nitrogens with zero attached hydrogens (tertiary/aromatic N) is 3. The minimum absolute atomic E-state index is 0.819. The van der Waals surface area contributed by atoms with Crippen LogP contribution in [0, 0.1) is 11.8 Å². The fraction of sp³-hybridized carbons (Fsp3) is 0. The molecule has 0 bridgehead atoms. The van der Waals surface area contributed by atoms with Gasteiger partial charge in [0.2, 0.25) is 0 Å². The van der Waals surface area contributed by atoms with E-state index in [0.717, 1.165) is 55.4 Å². The molecule has 0 fully saturated rings. The summed E-state index contributed by atoms with van der Waals surface area (Å²) in [6, 6.07) is 26.1.